The van der Waals surface area contributed by atoms with E-state index in [1.54, 1.807) is 12.1 Å². The molecule has 0 amide bonds. The molecule has 0 N–H and O–H groups in total. The van der Waals surface area contributed by atoms with Crippen molar-refractivity contribution in [2.24, 2.45) is 0 Å². The number of benzene rings is 5. The Bertz CT molecular complexity index is 1480. The Morgan fingerprint density at radius 2 is 0.829 bits per heavy atom. The molecule has 5 heteroatoms. The summed E-state index contributed by atoms with van der Waals surface area (Å²) in [6.45, 7) is 0.721. The van der Waals surface area contributed by atoms with E-state index in [0.717, 1.165) is 12.1 Å². The molecule has 1 aromatic heterocycles. The first kappa shape index (κ1) is 27.3. The third-order valence-corrected chi connectivity index (χ3v) is 7.49. The van der Waals surface area contributed by atoms with Crippen LogP contribution in [0.3, 0.4) is 0 Å². The highest BCUT2D eigenvalue weighted by Crippen LogP contribution is 2.12. The summed E-state index contributed by atoms with van der Waals surface area (Å²) in [6.07, 6.45) is 2.70. The van der Waals surface area contributed by atoms with Gasteiger partial charge in [0, 0.05) is 29.8 Å². The second kappa shape index (κ2) is 13.2. The molecule has 200 valence electrons. The first-order chi connectivity index (χ1) is 20.2. The molecule has 4 nitrogen and oxygen atoms in total. The van der Waals surface area contributed by atoms with Gasteiger partial charge in [-0.3, -0.25) is 10.1 Å². The fourth-order valence-corrected chi connectivity index (χ4v) is 5.60. The summed E-state index contributed by atoms with van der Waals surface area (Å²) in [7, 11) is 0. The van der Waals surface area contributed by atoms with Crippen LogP contribution < -0.4 is 26.4 Å². The van der Waals surface area contributed by atoms with E-state index < -0.39 is 6.15 Å². The van der Waals surface area contributed by atoms with Gasteiger partial charge in [-0.25, -0.2) is 4.57 Å². The van der Waals surface area contributed by atoms with Gasteiger partial charge in [0.25, 0.3) is 5.69 Å². The second-order valence-corrected chi connectivity index (χ2v) is 9.98. The minimum absolute atomic E-state index is 0.127. The Morgan fingerprint density at radius 3 is 1.17 bits per heavy atom. The molecular weight excluding hydrogens is 503 g/mol. The van der Waals surface area contributed by atoms with Gasteiger partial charge in [0.2, 0.25) is 0 Å². The predicted octanol–water partition coefficient (Wildman–Crippen LogP) is 4.99. The Morgan fingerprint density at radius 1 is 0.488 bits per heavy atom. The summed E-state index contributed by atoms with van der Waals surface area (Å²) in [5.74, 6) is 0. The zero-order chi connectivity index (χ0) is 28.3. The van der Waals surface area contributed by atoms with Gasteiger partial charge >= 0.3 is 0 Å². The number of rotatable bonds is 7. The number of non-ortho nitro benzene ring substituents is 1. The maximum atomic E-state index is 10.5. The van der Waals surface area contributed by atoms with Crippen LogP contribution in [0.1, 0.15) is 5.56 Å². The third kappa shape index (κ3) is 6.31. The topological polar surface area (TPSA) is 47.0 Å². The molecule has 0 spiro atoms. The van der Waals surface area contributed by atoms with Crippen molar-refractivity contribution in [2.45, 2.75) is 6.54 Å². The number of nitro benzene ring substituents is 1. The molecule has 0 saturated carbocycles. The molecule has 1 heterocycles. The summed E-state index contributed by atoms with van der Waals surface area (Å²) in [5, 5.41) is 10.5. The van der Waals surface area contributed by atoms with Gasteiger partial charge in [-0.2, -0.15) is 21.9 Å². The zero-order valence-electron chi connectivity index (χ0n) is 22.7. The summed E-state index contributed by atoms with van der Waals surface area (Å²) < 4.78 is 2.02. The number of hydrogen-bond donors (Lipinski definition) is 0. The Balaban J connectivity index is 0.000000182. The number of nitro groups is 1. The molecule has 0 aliphatic carbocycles. The molecule has 5 aromatic carbocycles. The van der Waals surface area contributed by atoms with Crippen LogP contribution in [0.4, 0.5) is 5.69 Å². The molecule has 41 heavy (non-hydrogen) atoms. The molecule has 0 atom stereocenters. The van der Waals surface area contributed by atoms with Gasteiger partial charge in [-0.15, -0.1) is 0 Å². The van der Waals surface area contributed by atoms with Crippen molar-refractivity contribution in [3.05, 3.63) is 192 Å². The lowest BCUT2D eigenvalue weighted by Crippen LogP contribution is -2.74. The average Bonchev–Trinajstić information content (AvgIpc) is 3.05. The summed E-state index contributed by atoms with van der Waals surface area (Å²) in [4.78, 5) is 10.1. The molecule has 0 aliphatic rings. The van der Waals surface area contributed by atoms with Gasteiger partial charge in [0.15, 0.2) is 18.9 Å². The fraction of sp³-hybridized carbons (Fsp3) is 0.0278. The highest BCUT2D eigenvalue weighted by Gasteiger charge is 2.31. The first-order valence-corrected chi connectivity index (χ1v) is 13.7. The zero-order valence-corrected chi connectivity index (χ0v) is 22.7. The van der Waals surface area contributed by atoms with Crippen LogP contribution in [0.15, 0.2) is 176 Å². The lowest BCUT2D eigenvalue weighted by atomic mass is 9.13. The quantitative estimate of drug-likeness (QED) is 0.125. The van der Waals surface area contributed by atoms with Crippen molar-refractivity contribution in [1.82, 2.24) is 0 Å². The molecule has 0 radical (unpaired) electrons. The molecule has 0 bridgehead atoms. The Labute approximate surface area is 241 Å². The van der Waals surface area contributed by atoms with Crippen molar-refractivity contribution in [1.29, 1.82) is 0 Å². The lowest BCUT2D eigenvalue weighted by Gasteiger charge is -2.44. The largest absolute Gasteiger partial charge is 0.269 e. The first-order valence-electron chi connectivity index (χ1n) is 13.7. The van der Waals surface area contributed by atoms with Gasteiger partial charge < -0.3 is 0 Å². The maximum Gasteiger partial charge on any atom is 0.269 e. The summed E-state index contributed by atoms with van der Waals surface area (Å²) >= 11 is 0. The van der Waals surface area contributed by atoms with E-state index in [1.807, 2.05) is 35.2 Å². The van der Waals surface area contributed by atoms with Gasteiger partial charge in [0.1, 0.15) is 6.15 Å². The minimum atomic E-state index is -1.22. The standard InChI is InChI=1S/C24H20B.C12H11N2O2/c1-5-13-21(14-6-1)25(22-15-7-2-8-16-22,23-17-9-3-10-18-23)24-19-11-4-12-20-24;15-14(16)12-6-4-11(5-7-12)10-13-8-2-1-3-9-13/h1-20H;1-9H,10H2/q-1;+1. The number of pyridine rings is 1. The van der Waals surface area contributed by atoms with E-state index >= 15 is 0 Å². The number of aromatic nitrogens is 1. The third-order valence-electron chi connectivity index (χ3n) is 7.49. The molecule has 0 aliphatic heterocycles. The van der Waals surface area contributed by atoms with Crippen molar-refractivity contribution in [3.63, 3.8) is 0 Å². The summed E-state index contributed by atoms with van der Waals surface area (Å²) in [5.41, 5.74) is 6.53. The summed E-state index contributed by atoms with van der Waals surface area (Å²) in [6, 6.07) is 56.0. The number of hydrogen-bond acceptors (Lipinski definition) is 2. The van der Waals surface area contributed by atoms with Crippen molar-refractivity contribution in [2.75, 3.05) is 0 Å². The second-order valence-electron chi connectivity index (χ2n) is 9.98. The van der Waals surface area contributed by atoms with Crippen molar-refractivity contribution >= 4 is 33.7 Å². The highest BCUT2D eigenvalue weighted by molar-refractivity contribution is 7.19. The number of nitrogens with zero attached hydrogens (tertiary/aromatic N) is 2. The van der Waals surface area contributed by atoms with E-state index in [9.17, 15) is 10.1 Å². The molecule has 6 aromatic rings. The predicted molar refractivity (Wildman–Crippen MR) is 169 cm³/mol. The van der Waals surface area contributed by atoms with Crippen LogP contribution in [0.5, 0.6) is 0 Å². The molecular formula is C36H31BN2O2. The fourth-order valence-electron chi connectivity index (χ4n) is 5.60. The van der Waals surface area contributed by atoms with E-state index in [1.165, 1.54) is 34.0 Å². The molecule has 0 unspecified atom stereocenters. The van der Waals surface area contributed by atoms with Crippen LogP contribution in [-0.2, 0) is 6.54 Å². The SMILES string of the molecule is O=[N+]([O-])c1ccc(C[n+]2ccccc2)cc1.c1ccc([B-](c2ccccc2)(c2ccccc2)c2ccccc2)cc1. The Kier molecular flexibility index (Phi) is 8.77. The van der Waals surface area contributed by atoms with E-state index in [0.29, 0.717) is 0 Å². The lowest BCUT2D eigenvalue weighted by molar-refractivity contribution is -0.688. The Hall–Kier alpha value is -5.29. The van der Waals surface area contributed by atoms with Crippen molar-refractivity contribution in [3.8, 4) is 0 Å². The van der Waals surface area contributed by atoms with E-state index in [4.69, 9.17) is 0 Å². The van der Waals surface area contributed by atoms with E-state index in [-0.39, 0.29) is 10.6 Å². The average molecular weight is 534 g/mol. The van der Waals surface area contributed by atoms with Crippen LogP contribution >= 0.6 is 0 Å². The normalized spacial score (nSPS) is 10.7. The van der Waals surface area contributed by atoms with Crippen LogP contribution in [0.2, 0.25) is 0 Å². The van der Waals surface area contributed by atoms with Crippen LogP contribution in [0, 0.1) is 10.1 Å². The van der Waals surface area contributed by atoms with Crippen LogP contribution in [0.25, 0.3) is 0 Å². The maximum absolute atomic E-state index is 10.5. The smallest absolute Gasteiger partial charge is 0.258 e. The van der Waals surface area contributed by atoms with E-state index in [2.05, 4.69) is 121 Å². The van der Waals surface area contributed by atoms with Gasteiger partial charge in [-0.1, -0.05) is 127 Å². The minimum Gasteiger partial charge on any atom is -0.258 e. The molecule has 0 fully saturated rings. The monoisotopic (exact) mass is 534 g/mol. The van der Waals surface area contributed by atoms with Gasteiger partial charge in [-0.05, 0) is 12.1 Å². The van der Waals surface area contributed by atoms with Crippen molar-refractivity contribution < 1.29 is 9.49 Å². The van der Waals surface area contributed by atoms with Gasteiger partial charge in [0.05, 0.1) is 4.92 Å². The molecule has 0 saturated heterocycles. The van der Waals surface area contributed by atoms with Crippen LogP contribution in [-0.4, -0.2) is 11.1 Å². The highest BCUT2D eigenvalue weighted by atomic mass is 16.6. The molecule has 6 rings (SSSR count).